The number of hydrogen-bond acceptors (Lipinski definition) is 6. The third-order valence-corrected chi connectivity index (χ3v) is 7.47. The average Bonchev–Trinajstić information content (AvgIpc) is 3.55. The molecule has 184 valence electrons. The zero-order valence-corrected chi connectivity index (χ0v) is 21.2. The molecule has 1 N–H and O–H groups in total. The normalized spacial score (nSPS) is 13.8. The summed E-state index contributed by atoms with van der Waals surface area (Å²) in [5, 5.41) is 13.3. The molecule has 1 unspecified atom stereocenters. The number of carbonyl (C=O) groups excluding carboxylic acids is 1. The van der Waals surface area contributed by atoms with Gasteiger partial charge in [-0.2, -0.15) is 5.26 Å². The first-order valence-corrected chi connectivity index (χ1v) is 12.6. The maximum Gasteiger partial charge on any atom is 0.267 e. The molecule has 2 aromatic heterocycles. The lowest BCUT2D eigenvalue weighted by Gasteiger charge is -2.14. The van der Waals surface area contributed by atoms with E-state index in [9.17, 15) is 10.1 Å². The van der Waals surface area contributed by atoms with E-state index in [2.05, 4.69) is 20.9 Å². The van der Waals surface area contributed by atoms with Gasteiger partial charge in [-0.15, -0.1) is 11.8 Å². The number of ether oxygens (including phenoxy) is 2. The number of rotatable bonds is 7. The molecule has 0 saturated heterocycles. The summed E-state index contributed by atoms with van der Waals surface area (Å²) in [5.41, 5.74) is 4.80. The van der Waals surface area contributed by atoms with Gasteiger partial charge in [0.1, 0.15) is 28.5 Å². The Kier molecular flexibility index (Phi) is 6.97. The van der Waals surface area contributed by atoms with E-state index in [4.69, 9.17) is 9.47 Å². The number of nitriles is 1. The summed E-state index contributed by atoms with van der Waals surface area (Å²) >= 11 is 1.76. The molecule has 8 heteroatoms. The summed E-state index contributed by atoms with van der Waals surface area (Å²) in [6.45, 7) is 0. The fourth-order valence-electron chi connectivity index (χ4n) is 4.36. The van der Waals surface area contributed by atoms with Gasteiger partial charge in [0.05, 0.1) is 25.6 Å². The zero-order chi connectivity index (χ0) is 25.8. The highest BCUT2D eigenvalue weighted by Gasteiger charge is 2.28. The lowest BCUT2D eigenvalue weighted by molar-refractivity contribution is -0.112. The molecule has 1 amide bonds. The number of benzene rings is 2. The van der Waals surface area contributed by atoms with Gasteiger partial charge in [0.2, 0.25) is 0 Å². The Morgan fingerprint density at radius 3 is 2.22 bits per heavy atom. The molecule has 0 spiro atoms. The average molecular weight is 509 g/mol. The van der Waals surface area contributed by atoms with Crippen molar-refractivity contribution in [2.75, 3.05) is 19.5 Å². The van der Waals surface area contributed by atoms with Crippen LogP contribution in [0.5, 0.6) is 11.5 Å². The fraction of sp³-hybridized carbons (Fsp3) is 0.138. The molecule has 0 saturated carbocycles. The van der Waals surface area contributed by atoms with Crippen LogP contribution < -0.4 is 14.8 Å². The Bertz CT molecular complexity index is 1440. The van der Waals surface area contributed by atoms with Crippen molar-refractivity contribution < 1.29 is 14.3 Å². The minimum atomic E-state index is -0.465. The van der Waals surface area contributed by atoms with Crippen molar-refractivity contribution in [3.63, 3.8) is 0 Å². The van der Waals surface area contributed by atoms with Crippen LogP contribution in [0.1, 0.15) is 27.8 Å². The number of anilines is 1. The number of carbonyl (C=O) groups is 1. The van der Waals surface area contributed by atoms with Gasteiger partial charge >= 0.3 is 0 Å². The first-order valence-electron chi connectivity index (χ1n) is 11.6. The van der Waals surface area contributed by atoms with Crippen molar-refractivity contribution in [3.05, 3.63) is 113 Å². The molecule has 0 fully saturated rings. The number of nitrogens with one attached hydrogen (secondary N) is 1. The molecule has 5 rings (SSSR count). The molecular weight excluding hydrogens is 484 g/mol. The van der Waals surface area contributed by atoms with Crippen molar-refractivity contribution in [2.45, 2.75) is 11.1 Å². The second-order valence-electron chi connectivity index (χ2n) is 8.31. The van der Waals surface area contributed by atoms with Crippen LogP contribution in [-0.2, 0) is 10.5 Å². The number of pyridine rings is 1. The standard InChI is InChI=1S/C29H24N4O3S/c1-35-22-9-5-19(6-10-22)27(20-7-11-23(36-2)12-8-20)24(16-30)28(34)32-25-13-15-33-26(25)18-37-29(33)21-4-3-14-31-17-21/h3-15,17,29H,18H2,1-2H3,(H,32,34). The quantitative estimate of drug-likeness (QED) is 0.256. The monoisotopic (exact) mass is 508 g/mol. The van der Waals surface area contributed by atoms with Crippen molar-refractivity contribution in [2.24, 2.45) is 0 Å². The van der Waals surface area contributed by atoms with Crippen LogP contribution in [0.2, 0.25) is 0 Å². The van der Waals surface area contributed by atoms with Gasteiger partial charge in [0.15, 0.2) is 0 Å². The maximum atomic E-state index is 13.6. The Balaban J connectivity index is 1.51. The number of aromatic nitrogens is 2. The zero-order valence-electron chi connectivity index (χ0n) is 20.3. The van der Waals surface area contributed by atoms with Crippen molar-refractivity contribution in [1.29, 1.82) is 5.26 Å². The van der Waals surface area contributed by atoms with Crippen LogP contribution in [-0.4, -0.2) is 29.7 Å². The number of fused-ring (bicyclic) bond motifs is 1. The van der Waals surface area contributed by atoms with Crippen LogP contribution in [0.15, 0.2) is 90.9 Å². The van der Waals surface area contributed by atoms with Crippen LogP contribution in [0.25, 0.3) is 5.57 Å². The lowest BCUT2D eigenvalue weighted by atomic mass is 9.92. The highest BCUT2D eigenvalue weighted by atomic mass is 32.2. The predicted molar refractivity (Wildman–Crippen MR) is 144 cm³/mol. The number of amides is 1. The van der Waals surface area contributed by atoms with Crippen LogP contribution in [0.3, 0.4) is 0 Å². The fourth-order valence-corrected chi connectivity index (χ4v) is 5.67. The number of thioether (sulfide) groups is 1. The van der Waals surface area contributed by atoms with E-state index in [1.54, 1.807) is 32.2 Å². The molecule has 3 heterocycles. The minimum absolute atomic E-state index is 0.0183. The van der Waals surface area contributed by atoms with Gasteiger partial charge in [0, 0.05) is 35.5 Å². The third kappa shape index (κ3) is 4.82. The highest BCUT2D eigenvalue weighted by molar-refractivity contribution is 7.99. The molecule has 0 bridgehead atoms. The van der Waals surface area contributed by atoms with Gasteiger partial charge in [-0.05, 0) is 47.5 Å². The second-order valence-corrected chi connectivity index (χ2v) is 9.37. The van der Waals surface area contributed by atoms with E-state index in [0.29, 0.717) is 22.8 Å². The summed E-state index contributed by atoms with van der Waals surface area (Å²) in [4.78, 5) is 17.8. The van der Waals surface area contributed by atoms with Crippen LogP contribution in [0.4, 0.5) is 5.69 Å². The molecule has 1 atom stereocenters. The largest absolute Gasteiger partial charge is 0.497 e. The van der Waals surface area contributed by atoms with Crippen LogP contribution in [0, 0.1) is 11.3 Å². The first-order chi connectivity index (χ1) is 18.1. The van der Waals surface area contributed by atoms with Gasteiger partial charge in [-0.25, -0.2) is 0 Å². The predicted octanol–water partition coefficient (Wildman–Crippen LogP) is 5.66. The van der Waals surface area contributed by atoms with Gasteiger partial charge in [-0.3, -0.25) is 9.78 Å². The highest BCUT2D eigenvalue weighted by Crippen LogP contribution is 2.43. The summed E-state index contributed by atoms with van der Waals surface area (Å²) in [6.07, 6.45) is 5.58. The molecule has 0 radical (unpaired) electrons. The molecule has 7 nitrogen and oxygen atoms in total. The summed E-state index contributed by atoms with van der Waals surface area (Å²) in [5.74, 6) is 1.64. The molecule has 1 aliphatic heterocycles. The Labute approximate surface area is 219 Å². The van der Waals surface area contributed by atoms with E-state index < -0.39 is 5.91 Å². The Morgan fingerprint density at radius 2 is 1.68 bits per heavy atom. The summed E-state index contributed by atoms with van der Waals surface area (Å²) < 4.78 is 12.7. The van der Waals surface area contributed by atoms with Gasteiger partial charge in [0.25, 0.3) is 5.91 Å². The molecule has 37 heavy (non-hydrogen) atoms. The number of hydrogen-bond donors (Lipinski definition) is 1. The molecule has 0 aliphatic carbocycles. The Morgan fingerprint density at radius 1 is 1.03 bits per heavy atom. The number of nitrogens with zero attached hydrogens (tertiary/aromatic N) is 3. The molecule has 2 aromatic carbocycles. The third-order valence-electron chi connectivity index (χ3n) is 6.22. The van der Waals surface area contributed by atoms with E-state index >= 15 is 0 Å². The van der Waals surface area contributed by atoms with Crippen molar-refractivity contribution in [3.8, 4) is 17.6 Å². The lowest BCUT2D eigenvalue weighted by Crippen LogP contribution is -2.16. The molecule has 4 aromatic rings. The maximum absolute atomic E-state index is 13.6. The molecule has 1 aliphatic rings. The Hall–Kier alpha value is -4.48. The van der Waals surface area contributed by atoms with E-state index in [1.807, 2.05) is 79.1 Å². The van der Waals surface area contributed by atoms with E-state index in [-0.39, 0.29) is 10.9 Å². The smallest absolute Gasteiger partial charge is 0.267 e. The van der Waals surface area contributed by atoms with Crippen LogP contribution >= 0.6 is 11.8 Å². The summed E-state index contributed by atoms with van der Waals surface area (Å²) in [6, 6.07) is 22.6. The first kappa shape index (κ1) is 24.2. The van der Waals surface area contributed by atoms with E-state index in [1.165, 1.54) is 0 Å². The SMILES string of the molecule is COc1ccc(C(=C(C#N)C(=O)Nc2ccn3c2CSC3c2cccnc2)c2ccc(OC)cc2)cc1. The summed E-state index contributed by atoms with van der Waals surface area (Å²) in [7, 11) is 3.19. The van der Waals surface area contributed by atoms with Crippen molar-refractivity contribution >= 4 is 28.9 Å². The van der Waals surface area contributed by atoms with Gasteiger partial charge < -0.3 is 19.4 Å². The van der Waals surface area contributed by atoms with Crippen molar-refractivity contribution in [1.82, 2.24) is 9.55 Å². The van der Waals surface area contributed by atoms with E-state index in [0.717, 1.165) is 28.1 Å². The number of methoxy groups -OCH3 is 2. The topological polar surface area (TPSA) is 89.2 Å². The second kappa shape index (κ2) is 10.6. The molecular formula is C29H24N4O3S. The van der Waals surface area contributed by atoms with Gasteiger partial charge in [-0.1, -0.05) is 30.3 Å². The minimum Gasteiger partial charge on any atom is -0.497 e.